The molecule has 0 atom stereocenters. The Balaban J connectivity index is 0. The number of benzene rings is 1. The fourth-order valence-corrected chi connectivity index (χ4v) is 0.663. The van der Waals surface area contributed by atoms with Crippen molar-refractivity contribution < 1.29 is 9.59 Å². The molecule has 0 bridgehead atoms. The minimum atomic E-state index is -0.833. The molecule has 0 spiro atoms. The van der Waals surface area contributed by atoms with Crippen LogP contribution in [0.2, 0.25) is 0 Å². The van der Waals surface area contributed by atoms with Crippen LogP contribution in [0.3, 0.4) is 0 Å². The zero-order chi connectivity index (χ0) is 11.6. The molecule has 0 aliphatic rings. The van der Waals surface area contributed by atoms with Gasteiger partial charge in [-0.25, -0.2) is 4.79 Å². The van der Waals surface area contributed by atoms with E-state index in [2.05, 4.69) is 49.6 Å². The second-order valence-electron chi connectivity index (χ2n) is 2.49. The fourth-order valence-electron chi connectivity index (χ4n) is 0.663. The summed E-state index contributed by atoms with van der Waals surface area (Å²) in [6.45, 7) is 6.24. The van der Waals surface area contributed by atoms with E-state index in [0.29, 0.717) is 0 Å². The molecule has 14 heavy (non-hydrogen) atoms. The van der Waals surface area contributed by atoms with Crippen molar-refractivity contribution in [1.82, 2.24) is 0 Å². The zero-order valence-corrected chi connectivity index (χ0v) is 8.49. The number of nitrogens with two attached hydrogens (primary N) is 2. The summed E-state index contributed by atoms with van der Waals surface area (Å²) >= 11 is 0. The van der Waals surface area contributed by atoms with E-state index >= 15 is 0 Å². The Morgan fingerprint density at radius 3 is 1.43 bits per heavy atom. The molecule has 0 unspecified atom stereocenters. The minimum absolute atomic E-state index is 0.833. The first-order valence-electron chi connectivity index (χ1n) is 3.90. The van der Waals surface area contributed by atoms with Gasteiger partial charge in [0.15, 0.2) is 0 Å². The Hall–Kier alpha value is -1.84. The van der Waals surface area contributed by atoms with E-state index in [1.165, 1.54) is 11.1 Å². The van der Waals surface area contributed by atoms with Gasteiger partial charge in [-0.15, -0.1) is 0 Å². The van der Waals surface area contributed by atoms with Crippen LogP contribution in [0, 0.1) is 13.8 Å². The van der Waals surface area contributed by atoms with Gasteiger partial charge in [-0.05, 0) is 25.0 Å². The van der Waals surface area contributed by atoms with E-state index in [-0.39, 0.29) is 0 Å². The molecule has 1 rings (SSSR count). The summed E-state index contributed by atoms with van der Waals surface area (Å²) in [5, 5.41) is 0. The van der Waals surface area contributed by atoms with Crippen molar-refractivity contribution >= 4 is 12.8 Å². The molecule has 1 aromatic carbocycles. The molecule has 0 aromatic heterocycles. The van der Waals surface area contributed by atoms with E-state index in [1.807, 2.05) is 6.79 Å². The number of hydrogen-bond acceptors (Lipinski definition) is 2. The summed E-state index contributed by atoms with van der Waals surface area (Å²) in [7, 11) is 0. The third-order valence-corrected chi connectivity index (χ3v) is 1.43. The van der Waals surface area contributed by atoms with Crippen molar-refractivity contribution in [2.75, 3.05) is 0 Å². The Bertz CT molecular complexity index is 250. The van der Waals surface area contributed by atoms with Crippen LogP contribution >= 0.6 is 0 Å². The first kappa shape index (κ1) is 14.7. The highest BCUT2D eigenvalue weighted by Gasteiger charge is 1.83. The van der Waals surface area contributed by atoms with Gasteiger partial charge in [0, 0.05) is 0 Å². The number of urea groups is 1. The maximum absolute atomic E-state index is 9.00. The van der Waals surface area contributed by atoms with Gasteiger partial charge in [-0.1, -0.05) is 24.3 Å². The summed E-state index contributed by atoms with van der Waals surface area (Å²) < 4.78 is 0. The Morgan fingerprint density at radius 2 is 1.29 bits per heavy atom. The van der Waals surface area contributed by atoms with E-state index in [9.17, 15) is 0 Å². The quantitative estimate of drug-likeness (QED) is 0.652. The van der Waals surface area contributed by atoms with Crippen LogP contribution in [0.25, 0.3) is 0 Å². The molecule has 0 fully saturated rings. The van der Waals surface area contributed by atoms with Crippen molar-refractivity contribution in [1.29, 1.82) is 0 Å². The molecule has 0 saturated carbocycles. The van der Waals surface area contributed by atoms with Crippen molar-refractivity contribution in [3.8, 4) is 0 Å². The van der Waals surface area contributed by atoms with Crippen LogP contribution in [0.1, 0.15) is 11.1 Å². The smallest absolute Gasteiger partial charge is 0.309 e. The molecule has 4 heteroatoms. The standard InChI is InChI=1S/C8H10.CH4N2O.CH2O/c1-7-5-3-4-6-8(7)2;2-1(3)4;1-2/h3-6H,1-2H3;(H4,2,3,4);1H2. The molecule has 2 amide bonds. The Morgan fingerprint density at radius 1 is 1.07 bits per heavy atom. The van der Waals surface area contributed by atoms with Gasteiger partial charge in [-0.3, -0.25) is 0 Å². The Kier molecular flexibility index (Phi) is 9.69. The molecule has 0 aliphatic heterocycles. The highest BCUT2D eigenvalue weighted by Crippen LogP contribution is 2.02. The van der Waals surface area contributed by atoms with Crippen LogP contribution in [0.5, 0.6) is 0 Å². The predicted octanol–water partition coefficient (Wildman–Crippen LogP) is 1.14. The van der Waals surface area contributed by atoms with Gasteiger partial charge in [-0.2, -0.15) is 0 Å². The molecular formula is C10H16N2O2. The predicted molar refractivity (Wildman–Crippen MR) is 56.8 cm³/mol. The van der Waals surface area contributed by atoms with Crippen molar-refractivity contribution in [3.05, 3.63) is 35.4 Å². The van der Waals surface area contributed by atoms with Crippen LogP contribution in [0.15, 0.2) is 24.3 Å². The van der Waals surface area contributed by atoms with Gasteiger partial charge < -0.3 is 16.3 Å². The van der Waals surface area contributed by atoms with Gasteiger partial charge in [0.05, 0.1) is 0 Å². The number of aryl methyl sites for hydroxylation is 2. The van der Waals surface area contributed by atoms with E-state index < -0.39 is 6.03 Å². The highest BCUT2D eigenvalue weighted by atomic mass is 16.2. The Labute approximate surface area is 83.9 Å². The topological polar surface area (TPSA) is 86.2 Å². The zero-order valence-electron chi connectivity index (χ0n) is 8.49. The second kappa shape index (κ2) is 9.25. The lowest BCUT2D eigenvalue weighted by atomic mass is 10.1. The van der Waals surface area contributed by atoms with Gasteiger partial charge in [0.25, 0.3) is 0 Å². The normalized spacial score (nSPS) is 7.29. The molecule has 0 heterocycles. The number of rotatable bonds is 0. The minimum Gasteiger partial charge on any atom is -0.352 e. The van der Waals surface area contributed by atoms with Gasteiger partial charge in [0.2, 0.25) is 0 Å². The first-order valence-corrected chi connectivity index (χ1v) is 3.90. The average molecular weight is 196 g/mol. The number of carbonyl (C=O) groups excluding carboxylic acids is 2. The number of carbonyl (C=O) groups is 2. The lowest BCUT2D eigenvalue weighted by Crippen LogP contribution is -2.18. The molecule has 0 aliphatic carbocycles. The average Bonchev–Trinajstić information content (AvgIpc) is 2.13. The molecular weight excluding hydrogens is 180 g/mol. The monoisotopic (exact) mass is 196 g/mol. The van der Waals surface area contributed by atoms with Crippen molar-refractivity contribution in [2.45, 2.75) is 13.8 Å². The lowest BCUT2D eigenvalue weighted by Gasteiger charge is -1.93. The third-order valence-electron chi connectivity index (χ3n) is 1.43. The third kappa shape index (κ3) is 10.2. The molecule has 0 saturated heterocycles. The molecule has 0 radical (unpaired) electrons. The molecule has 4 N–H and O–H groups in total. The highest BCUT2D eigenvalue weighted by molar-refractivity contribution is 5.69. The summed E-state index contributed by atoms with van der Waals surface area (Å²) in [5.41, 5.74) is 11.2. The summed E-state index contributed by atoms with van der Waals surface area (Å²) in [5.74, 6) is 0. The van der Waals surface area contributed by atoms with Gasteiger partial charge >= 0.3 is 6.03 Å². The number of hydrogen-bond donors (Lipinski definition) is 2. The van der Waals surface area contributed by atoms with Crippen LogP contribution < -0.4 is 11.5 Å². The largest absolute Gasteiger partial charge is 0.352 e. The van der Waals surface area contributed by atoms with Crippen LogP contribution in [-0.2, 0) is 4.79 Å². The molecule has 1 aromatic rings. The van der Waals surface area contributed by atoms with E-state index in [1.54, 1.807) is 0 Å². The fraction of sp³-hybridized carbons (Fsp3) is 0.200. The van der Waals surface area contributed by atoms with Crippen molar-refractivity contribution in [2.24, 2.45) is 11.5 Å². The number of primary amides is 2. The number of amides is 2. The maximum atomic E-state index is 9.00. The summed E-state index contributed by atoms with van der Waals surface area (Å²) in [6.07, 6.45) is 0. The lowest BCUT2D eigenvalue weighted by molar-refractivity contribution is -0.0979. The van der Waals surface area contributed by atoms with Crippen LogP contribution in [0.4, 0.5) is 4.79 Å². The SMILES string of the molecule is C=O.Cc1ccccc1C.NC(N)=O. The van der Waals surface area contributed by atoms with E-state index in [0.717, 1.165) is 0 Å². The van der Waals surface area contributed by atoms with Crippen molar-refractivity contribution in [3.63, 3.8) is 0 Å². The maximum Gasteiger partial charge on any atom is 0.309 e. The summed E-state index contributed by atoms with van der Waals surface area (Å²) in [4.78, 5) is 17.0. The van der Waals surface area contributed by atoms with Gasteiger partial charge in [0.1, 0.15) is 6.79 Å². The first-order chi connectivity index (χ1) is 6.54. The second-order valence-corrected chi connectivity index (χ2v) is 2.49. The molecule has 78 valence electrons. The van der Waals surface area contributed by atoms with Crippen LogP contribution in [-0.4, -0.2) is 12.8 Å². The summed E-state index contributed by atoms with van der Waals surface area (Å²) in [6, 6.07) is 7.52. The molecule has 4 nitrogen and oxygen atoms in total. The van der Waals surface area contributed by atoms with E-state index in [4.69, 9.17) is 9.59 Å².